The van der Waals surface area contributed by atoms with E-state index in [2.05, 4.69) is 0 Å². The van der Waals surface area contributed by atoms with Crippen LogP contribution in [0.2, 0.25) is 0 Å². The molecule has 2 aliphatic carbocycles. The van der Waals surface area contributed by atoms with Gasteiger partial charge in [-0.1, -0.05) is 18.6 Å². The molecule has 2 fully saturated rings. The molecule has 5 heteroatoms. The Kier molecular flexibility index (Phi) is 4.70. The Morgan fingerprint density at radius 3 is 2.37 bits per heavy atom. The number of rotatable bonds is 5. The van der Waals surface area contributed by atoms with Crippen LogP contribution in [0.4, 0.5) is 13.2 Å². The monoisotopic (exact) mass is 374 g/mol. The van der Waals surface area contributed by atoms with Crippen molar-refractivity contribution in [2.45, 2.75) is 31.9 Å². The summed E-state index contributed by atoms with van der Waals surface area (Å²) in [5.74, 6) is 2.75. The van der Waals surface area contributed by atoms with Gasteiger partial charge in [-0.05, 0) is 78.5 Å². The summed E-state index contributed by atoms with van der Waals surface area (Å²) in [6.07, 6.45) is 1.50. The summed E-state index contributed by atoms with van der Waals surface area (Å²) in [7, 11) is 0. The third-order valence-corrected chi connectivity index (χ3v) is 5.96. The Bertz CT molecular complexity index is 826. The predicted molar refractivity (Wildman–Crippen MR) is 96.7 cm³/mol. The molecule has 2 aromatic carbocycles. The van der Waals surface area contributed by atoms with E-state index in [1.54, 1.807) is 18.2 Å². The van der Waals surface area contributed by atoms with Gasteiger partial charge in [0.1, 0.15) is 12.0 Å². The van der Waals surface area contributed by atoms with E-state index in [1.165, 1.54) is 37.8 Å². The van der Waals surface area contributed by atoms with Crippen LogP contribution in [0.1, 0.15) is 41.6 Å². The Hall–Kier alpha value is -2.30. The molecule has 2 nitrogen and oxygen atoms in total. The van der Waals surface area contributed by atoms with E-state index in [0.29, 0.717) is 35.0 Å². The summed E-state index contributed by atoms with van der Waals surface area (Å²) in [6, 6.07) is 10.1. The fraction of sp³-hybridized carbons (Fsp3) is 0.409. The average molecular weight is 374 g/mol. The van der Waals surface area contributed by atoms with Crippen molar-refractivity contribution >= 4 is 6.29 Å². The topological polar surface area (TPSA) is 26.3 Å². The Morgan fingerprint density at radius 2 is 1.78 bits per heavy atom. The third-order valence-electron chi connectivity index (χ3n) is 5.96. The average Bonchev–Trinajstić information content (AvgIpc) is 3.29. The normalized spacial score (nSPS) is 24.2. The summed E-state index contributed by atoms with van der Waals surface area (Å²) >= 11 is 0. The Labute approximate surface area is 156 Å². The molecule has 3 unspecified atom stereocenters. The van der Waals surface area contributed by atoms with Gasteiger partial charge < -0.3 is 4.74 Å². The zero-order valence-electron chi connectivity index (χ0n) is 14.8. The van der Waals surface area contributed by atoms with Gasteiger partial charge in [0.15, 0.2) is 0 Å². The molecular formula is C22H21F3O2. The number of carbonyl (C=O) groups excluding carboxylic acids is 1. The summed E-state index contributed by atoms with van der Waals surface area (Å²) < 4.78 is 44.2. The standard InChI is InChI=1S/C22H21F3O2/c23-22(24,25)20-5-3-16(4-6-20)18-9-15(12-26)10-21(11-18)27-13-19-8-14-1-2-17(19)7-14/h3-6,9-12,14,17,19H,1-2,7-8,13H2. The predicted octanol–water partition coefficient (Wildman–Crippen LogP) is 6.00. The zero-order valence-corrected chi connectivity index (χ0v) is 14.8. The van der Waals surface area contributed by atoms with Gasteiger partial charge in [0.05, 0.1) is 12.2 Å². The number of carbonyl (C=O) groups is 1. The molecule has 0 aromatic heterocycles. The molecule has 0 radical (unpaired) electrons. The molecule has 3 atom stereocenters. The minimum atomic E-state index is -4.36. The Balaban J connectivity index is 1.53. The van der Waals surface area contributed by atoms with Crippen molar-refractivity contribution in [1.29, 1.82) is 0 Å². The van der Waals surface area contributed by atoms with Gasteiger partial charge >= 0.3 is 6.18 Å². The molecule has 0 aliphatic heterocycles. The molecule has 4 rings (SSSR count). The van der Waals surface area contributed by atoms with E-state index < -0.39 is 11.7 Å². The van der Waals surface area contributed by atoms with Crippen molar-refractivity contribution < 1.29 is 22.7 Å². The van der Waals surface area contributed by atoms with E-state index in [-0.39, 0.29) is 0 Å². The van der Waals surface area contributed by atoms with Crippen LogP contribution in [0.25, 0.3) is 11.1 Å². The maximum absolute atomic E-state index is 12.8. The number of ether oxygens (including phenoxy) is 1. The quantitative estimate of drug-likeness (QED) is 0.600. The summed E-state index contributed by atoms with van der Waals surface area (Å²) in [6.45, 7) is 0.635. The van der Waals surface area contributed by atoms with Gasteiger partial charge in [-0.3, -0.25) is 4.79 Å². The first-order chi connectivity index (χ1) is 12.9. The third kappa shape index (κ3) is 3.87. The van der Waals surface area contributed by atoms with E-state index in [4.69, 9.17) is 4.74 Å². The zero-order chi connectivity index (χ0) is 19.0. The number of halogens is 3. The Morgan fingerprint density at radius 1 is 1.00 bits per heavy atom. The van der Waals surface area contributed by atoms with E-state index >= 15 is 0 Å². The van der Waals surface area contributed by atoms with Crippen LogP contribution >= 0.6 is 0 Å². The van der Waals surface area contributed by atoms with Gasteiger partial charge in [-0.25, -0.2) is 0 Å². The van der Waals surface area contributed by atoms with Crippen LogP contribution in [0, 0.1) is 17.8 Å². The largest absolute Gasteiger partial charge is 0.493 e. The fourth-order valence-electron chi connectivity index (χ4n) is 4.58. The summed E-state index contributed by atoms with van der Waals surface area (Å²) in [4.78, 5) is 11.3. The SMILES string of the molecule is O=Cc1cc(OCC2CC3CCC2C3)cc(-c2ccc(C(F)(F)F)cc2)c1. The van der Waals surface area contributed by atoms with Crippen LogP contribution in [-0.4, -0.2) is 12.9 Å². The minimum absolute atomic E-state index is 0.454. The van der Waals surface area contributed by atoms with E-state index in [0.717, 1.165) is 30.3 Å². The van der Waals surface area contributed by atoms with Crippen molar-refractivity contribution in [3.05, 3.63) is 53.6 Å². The molecule has 0 spiro atoms. The number of aldehydes is 1. The molecule has 27 heavy (non-hydrogen) atoms. The van der Waals surface area contributed by atoms with Crippen LogP contribution in [0.3, 0.4) is 0 Å². The molecule has 0 amide bonds. The van der Waals surface area contributed by atoms with Crippen LogP contribution in [0.15, 0.2) is 42.5 Å². The number of benzene rings is 2. The first-order valence-corrected chi connectivity index (χ1v) is 9.33. The lowest BCUT2D eigenvalue weighted by atomic mass is 9.89. The maximum atomic E-state index is 12.8. The summed E-state index contributed by atoms with van der Waals surface area (Å²) in [5, 5.41) is 0. The highest BCUT2D eigenvalue weighted by Gasteiger charge is 2.39. The van der Waals surface area contributed by atoms with Crippen molar-refractivity contribution in [3.63, 3.8) is 0 Å². The summed E-state index contributed by atoms with van der Waals surface area (Å²) in [5.41, 5.74) is 1.06. The van der Waals surface area contributed by atoms with Gasteiger partial charge in [-0.2, -0.15) is 13.2 Å². The van der Waals surface area contributed by atoms with Crippen molar-refractivity contribution in [3.8, 4) is 16.9 Å². The molecule has 2 aromatic rings. The second-order valence-electron chi connectivity index (χ2n) is 7.73. The number of alkyl halides is 3. The lowest BCUT2D eigenvalue weighted by Crippen LogP contribution is -2.18. The number of fused-ring (bicyclic) bond motifs is 2. The second kappa shape index (κ2) is 7.02. The van der Waals surface area contributed by atoms with E-state index in [9.17, 15) is 18.0 Å². The van der Waals surface area contributed by atoms with E-state index in [1.807, 2.05) is 0 Å². The van der Waals surface area contributed by atoms with Crippen LogP contribution in [0.5, 0.6) is 5.75 Å². The van der Waals surface area contributed by atoms with Gasteiger partial charge in [0, 0.05) is 5.56 Å². The fourth-order valence-corrected chi connectivity index (χ4v) is 4.58. The van der Waals surface area contributed by atoms with Crippen molar-refractivity contribution in [2.24, 2.45) is 17.8 Å². The van der Waals surface area contributed by atoms with Crippen LogP contribution < -0.4 is 4.74 Å². The molecule has 0 N–H and O–H groups in total. The van der Waals surface area contributed by atoms with Crippen molar-refractivity contribution in [2.75, 3.05) is 6.61 Å². The first kappa shape index (κ1) is 18.1. The molecule has 0 saturated heterocycles. The number of hydrogen-bond donors (Lipinski definition) is 0. The minimum Gasteiger partial charge on any atom is -0.493 e. The van der Waals surface area contributed by atoms with Gasteiger partial charge in [0.25, 0.3) is 0 Å². The molecule has 0 heterocycles. The highest BCUT2D eigenvalue weighted by Crippen LogP contribution is 2.48. The van der Waals surface area contributed by atoms with Gasteiger partial charge in [-0.15, -0.1) is 0 Å². The molecule has 142 valence electrons. The molecule has 2 aliphatic rings. The molecule has 2 bridgehead atoms. The maximum Gasteiger partial charge on any atom is 0.416 e. The highest BCUT2D eigenvalue weighted by atomic mass is 19.4. The first-order valence-electron chi connectivity index (χ1n) is 9.33. The van der Waals surface area contributed by atoms with Crippen LogP contribution in [-0.2, 0) is 6.18 Å². The smallest absolute Gasteiger partial charge is 0.416 e. The molecule has 2 saturated carbocycles. The highest BCUT2D eigenvalue weighted by molar-refractivity contribution is 5.80. The van der Waals surface area contributed by atoms with Gasteiger partial charge in [0.2, 0.25) is 0 Å². The number of hydrogen-bond acceptors (Lipinski definition) is 2. The lowest BCUT2D eigenvalue weighted by Gasteiger charge is -2.22. The second-order valence-corrected chi connectivity index (χ2v) is 7.73. The lowest BCUT2D eigenvalue weighted by molar-refractivity contribution is -0.137. The van der Waals surface area contributed by atoms with Crippen molar-refractivity contribution in [1.82, 2.24) is 0 Å². The molecular weight excluding hydrogens is 353 g/mol.